The number of aliphatic hydroxyl groups is 1. The molecular formula is C13H20N2O3. The second kappa shape index (κ2) is 4.86. The molecule has 0 aromatic heterocycles. The van der Waals surface area contributed by atoms with Crippen molar-refractivity contribution in [1.82, 2.24) is 5.32 Å². The standard InChI is InChI=1S/C13H20N2O3/c1-12(2,3)18-11(16)15-13(4,17)9-7-5-6-8-10(9)14/h5-8,17H,14H2,1-4H3,(H,15,16). The summed E-state index contributed by atoms with van der Waals surface area (Å²) in [4.78, 5) is 11.6. The maximum atomic E-state index is 11.6. The SMILES string of the molecule is CC(C)(C)OC(=O)NC(C)(O)c1ccccc1N. The van der Waals surface area contributed by atoms with Crippen LogP contribution in [0.4, 0.5) is 10.5 Å². The first-order valence-electron chi connectivity index (χ1n) is 5.70. The Labute approximate surface area is 107 Å². The van der Waals surface area contributed by atoms with E-state index in [1.807, 2.05) is 0 Å². The van der Waals surface area contributed by atoms with Crippen LogP contribution >= 0.6 is 0 Å². The number of carbonyl (C=O) groups is 1. The van der Waals surface area contributed by atoms with Crippen LogP contribution in [0.2, 0.25) is 0 Å². The Morgan fingerprint density at radius 1 is 1.28 bits per heavy atom. The number of rotatable bonds is 2. The fourth-order valence-electron chi connectivity index (χ4n) is 1.51. The molecule has 1 aromatic rings. The lowest BCUT2D eigenvalue weighted by Crippen LogP contribution is -2.46. The number of alkyl carbamates (subject to hydrolysis) is 1. The van der Waals surface area contributed by atoms with E-state index < -0.39 is 17.4 Å². The van der Waals surface area contributed by atoms with E-state index in [1.54, 1.807) is 45.0 Å². The number of nitrogens with one attached hydrogen (secondary N) is 1. The molecule has 0 aliphatic carbocycles. The van der Waals surface area contributed by atoms with Gasteiger partial charge in [-0.25, -0.2) is 4.79 Å². The van der Waals surface area contributed by atoms with Gasteiger partial charge in [-0.15, -0.1) is 0 Å². The van der Waals surface area contributed by atoms with Crippen LogP contribution in [-0.4, -0.2) is 16.8 Å². The van der Waals surface area contributed by atoms with Crippen molar-refractivity contribution in [3.8, 4) is 0 Å². The minimum Gasteiger partial charge on any atom is -0.444 e. The molecule has 1 amide bonds. The number of nitrogens with two attached hydrogens (primary N) is 1. The maximum Gasteiger partial charge on any atom is 0.410 e. The Hall–Kier alpha value is -1.75. The van der Waals surface area contributed by atoms with Gasteiger partial charge < -0.3 is 15.6 Å². The van der Waals surface area contributed by atoms with E-state index in [4.69, 9.17) is 10.5 Å². The van der Waals surface area contributed by atoms with Crippen LogP contribution in [0, 0.1) is 0 Å². The highest BCUT2D eigenvalue weighted by atomic mass is 16.6. The molecule has 5 heteroatoms. The van der Waals surface area contributed by atoms with Gasteiger partial charge in [-0.3, -0.25) is 5.32 Å². The molecule has 0 saturated heterocycles. The van der Waals surface area contributed by atoms with E-state index in [-0.39, 0.29) is 0 Å². The van der Waals surface area contributed by atoms with Gasteiger partial charge >= 0.3 is 6.09 Å². The molecule has 1 atom stereocenters. The Morgan fingerprint density at radius 2 is 1.83 bits per heavy atom. The summed E-state index contributed by atoms with van der Waals surface area (Å²) in [5, 5.41) is 12.6. The number of benzene rings is 1. The average Bonchev–Trinajstić information content (AvgIpc) is 2.13. The summed E-state index contributed by atoms with van der Waals surface area (Å²) in [6.07, 6.45) is -0.698. The molecule has 0 saturated carbocycles. The third kappa shape index (κ3) is 3.92. The molecule has 5 nitrogen and oxygen atoms in total. The van der Waals surface area contributed by atoms with E-state index in [0.717, 1.165) is 0 Å². The molecule has 100 valence electrons. The van der Waals surface area contributed by atoms with Gasteiger partial charge in [-0.1, -0.05) is 18.2 Å². The summed E-state index contributed by atoms with van der Waals surface area (Å²) in [7, 11) is 0. The first-order chi connectivity index (χ1) is 8.12. The normalized spacial score (nSPS) is 14.7. The zero-order chi connectivity index (χ0) is 14.0. The predicted molar refractivity (Wildman–Crippen MR) is 69.8 cm³/mol. The van der Waals surface area contributed by atoms with Crippen molar-refractivity contribution in [2.24, 2.45) is 0 Å². The fourth-order valence-corrected chi connectivity index (χ4v) is 1.51. The lowest BCUT2D eigenvalue weighted by Gasteiger charge is -2.28. The zero-order valence-corrected chi connectivity index (χ0v) is 11.2. The van der Waals surface area contributed by atoms with Crippen LogP contribution < -0.4 is 11.1 Å². The van der Waals surface area contributed by atoms with Crippen LogP contribution in [0.5, 0.6) is 0 Å². The molecule has 0 aliphatic heterocycles. The van der Waals surface area contributed by atoms with Crippen molar-refractivity contribution < 1.29 is 14.6 Å². The van der Waals surface area contributed by atoms with Crippen molar-refractivity contribution >= 4 is 11.8 Å². The van der Waals surface area contributed by atoms with Gasteiger partial charge in [0.1, 0.15) is 5.60 Å². The van der Waals surface area contributed by atoms with E-state index in [2.05, 4.69) is 5.32 Å². The Bertz CT molecular complexity index is 436. The Kier molecular flexibility index (Phi) is 3.86. The monoisotopic (exact) mass is 252 g/mol. The highest BCUT2D eigenvalue weighted by Gasteiger charge is 2.29. The summed E-state index contributed by atoms with van der Waals surface area (Å²) in [6, 6.07) is 6.78. The molecule has 4 N–H and O–H groups in total. The molecule has 0 fully saturated rings. The van der Waals surface area contributed by atoms with Gasteiger partial charge in [-0.2, -0.15) is 0 Å². The number of hydrogen-bond donors (Lipinski definition) is 3. The molecule has 1 rings (SSSR count). The summed E-state index contributed by atoms with van der Waals surface area (Å²) in [5.74, 6) is 0. The maximum absolute atomic E-state index is 11.6. The second-order valence-corrected chi connectivity index (χ2v) is 5.29. The van der Waals surface area contributed by atoms with E-state index in [1.165, 1.54) is 6.92 Å². The van der Waals surface area contributed by atoms with Gasteiger partial charge in [-0.05, 0) is 33.8 Å². The van der Waals surface area contributed by atoms with Gasteiger partial charge in [0.25, 0.3) is 0 Å². The van der Waals surface area contributed by atoms with Crippen molar-refractivity contribution in [2.45, 2.75) is 39.0 Å². The highest BCUT2D eigenvalue weighted by molar-refractivity contribution is 5.69. The van der Waals surface area contributed by atoms with Gasteiger partial charge in [0.2, 0.25) is 0 Å². The number of ether oxygens (including phenoxy) is 1. The van der Waals surface area contributed by atoms with Crippen LogP contribution in [0.3, 0.4) is 0 Å². The van der Waals surface area contributed by atoms with Crippen LogP contribution in [-0.2, 0) is 10.5 Å². The molecule has 0 radical (unpaired) electrons. The molecule has 18 heavy (non-hydrogen) atoms. The zero-order valence-electron chi connectivity index (χ0n) is 11.2. The third-order valence-electron chi connectivity index (χ3n) is 2.23. The largest absolute Gasteiger partial charge is 0.444 e. The van der Waals surface area contributed by atoms with Crippen molar-refractivity contribution in [2.75, 3.05) is 5.73 Å². The summed E-state index contributed by atoms with van der Waals surface area (Å²) in [6.45, 7) is 6.69. The smallest absolute Gasteiger partial charge is 0.410 e. The molecule has 1 aromatic carbocycles. The number of hydrogen-bond acceptors (Lipinski definition) is 4. The van der Waals surface area contributed by atoms with Gasteiger partial charge in [0, 0.05) is 11.3 Å². The topological polar surface area (TPSA) is 84.6 Å². The lowest BCUT2D eigenvalue weighted by atomic mass is 10.0. The molecule has 0 bridgehead atoms. The number of amides is 1. The van der Waals surface area contributed by atoms with E-state index in [9.17, 15) is 9.90 Å². The lowest BCUT2D eigenvalue weighted by molar-refractivity contribution is -0.00497. The summed E-state index contributed by atoms with van der Waals surface area (Å²) < 4.78 is 5.08. The Balaban J connectivity index is 2.83. The quantitative estimate of drug-likeness (QED) is 0.555. The second-order valence-electron chi connectivity index (χ2n) is 5.29. The van der Waals surface area contributed by atoms with Crippen molar-refractivity contribution in [3.05, 3.63) is 29.8 Å². The number of nitrogen functional groups attached to an aromatic ring is 1. The molecule has 0 spiro atoms. The summed E-state index contributed by atoms with van der Waals surface area (Å²) in [5.41, 5.74) is 4.39. The van der Waals surface area contributed by atoms with Gasteiger partial charge in [0.05, 0.1) is 0 Å². The molecule has 1 unspecified atom stereocenters. The van der Waals surface area contributed by atoms with Gasteiger partial charge in [0.15, 0.2) is 5.72 Å². The average molecular weight is 252 g/mol. The fraction of sp³-hybridized carbons (Fsp3) is 0.462. The number of carbonyl (C=O) groups excluding carboxylic acids is 1. The molecule has 0 aliphatic rings. The van der Waals surface area contributed by atoms with E-state index >= 15 is 0 Å². The Morgan fingerprint density at radius 3 is 2.33 bits per heavy atom. The van der Waals surface area contributed by atoms with Crippen LogP contribution in [0.15, 0.2) is 24.3 Å². The third-order valence-corrected chi connectivity index (χ3v) is 2.23. The van der Waals surface area contributed by atoms with Crippen LogP contribution in [0.25, 0.3) is 0 Å². The van der Waals surface area contributed by atoms with Crippen LogP contribution in [0.1, 0.15) is 33.3 Å². The van der Waals surface area contributed by atoms with E-state index in [0.29, 0.717) is 11.3 Å². The van der Waals surface area contributed by atoms with Crippen molar-refractivity contribution in [1.29, 1.82) is 0 Å². The van der Waals surface area contributed by atoms with Crippen molar-refractivity contribution in [3.63, 3.8) is 0 Å². The minimum absolute atomic E-state index is 0.401. The number of anilines is 1. The first kappa shape index (κ1) is 14.3. The molecule has 0 heterocycles. The minimum atomic E-state index is -1.58. The summed E-state index contributed by atoms with van der Waals surface area (Å²) >= 11 is 0. The molecular weight excluding hydrogens is 232 g/mol. The highest BCUT2D eigenvalue weighted by Crippen LogP contribution is 2.23. The predicted octanol–water partition coefficient (Wildman–Crippen LogP) is 1.96. The number of para-hydroxylation sites is 1. The first-order valence-corrected chi connectivity index (χ1v) is 5.70.